The van der Waals surface area contributed by atoms with Crippen LogP contribution in [-0.4, -0.2) is 39.1 Å². The first-order chi connectivity index (χ1) is 13.2. The summed E-state index contributed by atoms with van der Waals surface area (Å²) in [4.78, 5) is 12.3. The van der Waals surface area contributed by atoms with Crippen LogP contribution < -0.4 is 14.8 Å². The van der Waals surface area contributed by atoms with Gasteiger partial charge in [-0.3, -0.25) is 14.8 Å². The van der Waals surface area contributed by atoms with E-state index >= 15 is 0 Å². The minimum Gasteiger partial charge on any atom is -0.490 e. The van der Waals surface area contributed by atoms with Gasteiger partial charge in [0.15, 0.2) is 11.5 Å². The van der Waals surface area contributed by atoms with Gasteiger partial charge in [0.25, 0.3) is 5.91 Å². The first kappa shape index (κ1) is 18.4. The maximum atomic E-state index is 12.3. The van der Waals surface area contributed by atoms with Crippen LogP contribution in [0.2, 0.25) is 0 Å². The summed E-state index contributed by atoms with van der Waals surface area (Å²) in [6, 6.07) is 6.97. The third-order valence-corrected chi connectivity index (χ3v) is 3.68. The van der Waals surface area contributed by atoms with E-state index in [9.17, 15) is 4.79 Å². The van der Waals surface area contributed by atoms with Gasteiger partial charge in [-0.15, -0.1) is 5.10 Å². The average Bonchev–Trinajstić information content (AvgIpc) is 3.32. The van der Waals surface area contributed by atoms with Gasteiger partial charge in [0.05, 0.1) is 13.2 Å². The molecular formula is C18H21N5O4. The van der Waals surface area contributed by atoms with Gasteiger partial charge in [-0.2, -0.15) is 5.10 Å². The lowest BCUT2D eigenvalue weighted by atomic mass is 10.2. The predicted molar refractivity (Wildman–Crippen MR) is 97.9 cm³/mol. The standard InChI is InChI=1S/C18H21N5O4/c1-4-23-13(9-10-19-23)16(24)20-18-22-21-17(27-18)12-7-8-14(25-5-2)15(11-12)26-6-3/h7-11H,4-6H2,1-3H3,(H,20,22,24). The number of nitrogens with zero attached hydrogens (tertiary/aromatic N) is 4. The Bertz CT molecular complexity index is 918. The zero-order chi connectivity index (χ0) is 19.2. The molecule has 9 nitrogen and oxygen atoms in total. The molecule has 0 atom stereocenters. The van der Waals surface area contributed by atoms with Crippen LogP contribution in [0.25, 0.3) is 11.5 Å². The molecule has 9 heteroatoms. The number of rotatable bonds is 8. The van der Waals surface area contributed by atoms with Crippen molar-refractivity contribution in [2.45, 2.75) is 27.3 Å². The maximum Gasteiger partial charge on any atom is 0.322 e. The van der Waals surface area contributed by atoms with E-state index in [1.807, 2.05) is 20.8 Å². The van der Waals surface area contributed by atoms with Crippen LogP contribution in [0.1, 0.15) is 31.3 Å². The number of ether oxygens (including phenoxy) is 2. The van der Waals surface area contributed by atoms with Crippen molar-refractivity contribution in [1.29, 1.82) is 0 Å². The fourth-order valence-corrected chi connectivity index (χ4v) is 2.51. The molecule has 0 spiro atoms. The number of carbonyl (C=O) groups is 1. The molecular weight excluding hydrogens is 350 g/mol. The summed E-state index contributed by atoms with van der Waals surface area (Å²) in [5, 5.41) is 14.5. The molecule has 1 N–H and O–H groups in total. The normalized spacial score (nSPS) is 10.6. The van der Waals surface area contributed by atoms with Gasteiger partial charge in [0.2, 0.25) is 5.89 Å². The third-order valence-electron chi connectivity index (χ3n) is 3.68. The maximum absolute atomic E-state index is 12.3. The minimum absolute atomic E-state index is 0.00528. The molecule has 3 rings (SSSR count). The molecule has 0 aliphatic carbocycles. The van der Waals surface area contributed by atoms with Gasteiger partial charge in [-0.05, 0) is 45.0 Å². The first-order valence-corrected chi connectivity index (χ1v) is 8.72. The summed E-state index contributed by atoms with van der Waals surface area (Å²) < 4.78 is 18.3. The van der Waals surface area contributed by atoms with E-state index in [0.29, 0.717) is 42.5 Å². The lowest BCUT2D eigenvalue weighted by Gasteiger charge is -2.11. The summed E-state index contributed by atoms with van der Waals surface area (Å²) in [7, 11) is 0. The van der Waals surface area contributed by atoms with Crippen LogP contribution in [0.3, 0.4) is 0 Å². The molecule has 0 saturated carbocycles. The molecule has 0 aliphatic heterocycles. The summed E-state index contributed by atoms with van der Waals surface area (Å²) in [5.41, 5.74) is 1.07. The lowest BCUT2D eigenvalue weighted by molar-refractivity contribution is 0.101. The van der Waals surface area contributed by atoms with Gasteiger partial charge in [0.1, 0.15) is 5.69 Å². The highest BCUT2D eigenvalue weighted by atomic mass is 16.5. The number of anilines is 1. The molecule has 142 valence electrons. The number of hydrogen-bond acceptors (Lipinski definition) is 7. The Morgan fingerprint density at radius 2 is 1.89 bits per heavy atom. The van der Waals surface area contributed by atoms with E-state index in [0.717, 1.165) is 0 Å². The molecule has 3 aromatic rings. The molecule has 0 fully saturated rings. The van der Waals surface area contributed by atoms with Crippen molar-refractivity contribution in [2.24, 2.45) is 0 Å². The third kappa shape index (κ3) is 4.08. The molecule has 2 heterocycles. The van der Waals surface area contributed by atoms with Gasteiger partial charge >= 0.3 is 6.01 Å². The van der Waals surface area contributed by atoms with Gasteiger partial charge < -0.3 is 13.9 Å². The average molecular weight is 371 g/mol. The number of benzene rings is 1. The molecule has 0 bridgehead atoms. The molecule has 0 saturated heterocycles. The highest BCUT2D eigenvalue weighted by Gasteiger charge is 2.17. The Kier molecular flexibility index (Phi) is 5.70. The summed E-state index contributed by atoms with van der Waals surface area (Å²) in [5.74, 6) is 1.13. The molecule has 2 aromatic heterocycles. The van der Waals surface area contributed by atoms with Crippen LogP contribution in [0.15, 0.2) is 34.9 Å². The van der Waals surface area contributed by atoms with E-state index in [-0.39, 0.29) is 17.8 Å². The van der Waals surface area contributed by atoms with Crippen LogP contribution in [0.4, 0.5) is 6.01 Å². The molecule has 0 aliphatic rings. The number of aryl methyl sites for hydroxylation is 1. The second-order valence-electron chi connectivity index (χ2n) is 5.43. The molecule has 0 radical (unpaired) electrons. The summed E-state index contributed by atoms with van der Waals surface area (Å²) in [6.45, 7) is 7.31. The van der Waals surface area contributed by atoms with Crippen LogP contribution in [0.5, 0.6) is 11.5 Å². The highest BCUT2D eigenvalue weighted by Crippen LogP contribution is 2.32. The molecule has 1 amide bonds. The Balaban J connectivity index is 1.79. The van der Waals surface area contributed by atoms with Crippen LogP contribution in [0, 0.1) is 0 Å². The number of carbonyl (C=O) groups excluding carboxylic acids is 1. The zero-order valence-electron chi connectivity index (χ0n) is 15.4. The highest BCUT2D eigenvalue weighted by molar-refractivity contribution is 6.01. The number of aromatic nitrogens is 4. The largest absolute Gasteiger partial charge is 0.490 e. The van der Waals surface area contributed by atoms with Crippen molar-refractivity contribution < 1.29 is 18.7 Å². The smallest absolute Gasteiger partial charge is 0.322 e. The Labute approximate surface area is 156 Å². The van der Waals surface area contributed by atoms with E-state index in [2.05, 4.69) is 20.6 Å². The molecule has 1 aromatic carbocycles. The Morgan fingerprint density at radius 1 is 1.11 bits per heavy atom. The monoisotopic (exact) mass is 371 g/mol. The van der Waals surface area contributed by atoms with E-state index < -0.39 is 0 Å². The zero-order valence-corrected chi connectivity index (χ0v) is 15.4. The number of nitrogens with one attached hydrogen (secondary N) is 1. The van der Waals surface area contributed by atoms with Crippen molar-refractivity contribution in [2.75, 3.05) is 18.5 Å². The lowest BCUT2D eigenvalue weighted by Crippen LogP contribution is -2.17. The SMILES string of the molecule is CCOc1ccc(-c2nnc(NC(=O)c3ccnn3CC)o2)cc1OCC. The topological polar surface area (TPSA) is 104 Å². The number of hydrogen-bond donors (Lipinski definition) is 1. The number of amides is 1. The van der Waals surface area contributed by atoms with Crippen molar-refractivity contribution in [3.8, 4) is 23.0 Å². The Morgan fingerprint density at radius 3 is 2.63 bits per heavy atom. The van der Waals surface area contributed by atoms with E-state index in [4.69, 9.17) is 13.9 Å². The van der Waals surface area contributed by atoms with Crippen molar-refractivity contribution in [3.63, 3.8) is 0 Å². The fraction of sp³-hybridized carbons (Fsp3) is 0.333. The van der Waals surface area contributed by atoms with E-state index in [1.54, 1.807) is 35.1 Å². The van der Waals surface area contributed by atoms with Crippen LogP contribution >= 0.6 is 0 Å². The molecule has 0 unspecified atom stereocenters. The summed E-state index contributed by atoms with van der Waals surface area (Å²) in [6.07, 6.45) is 1.56. The minimum atomic E-state index is -0.369. The predicted octanol–water partition coefficient (Wildman–Crippen LogP) is 3.00. The van der Waals surface area contributed by atoms with Crippen molar-refractivity contribution >= 4 is 11.9 Å². The second kappa shape index (κ2) is 8.35. The van der Waals surface area contributed by atoms with Gasteiger partial charge in [-0.25, -0.2) is 0 Å². The van der Waals surface area contributed by atoms with Crippen molar-refractivity contribution in [1.82, 2.24) is 20.0 Å². The summed E-state index contributed by atoms with van der Waals surface area (Å²) >= 11 is 0. The first-order valence-electron chi connectivity index (χ1n) is 8.72. The molecule has 27 heavy (non-hydrogen) atoms. The fourth-order valence-electron chi connectivity index (χ4n) is 2.51. The van der Waals surface area contributed by atoms with Gasteiger partial charge in [0, 0.05) is 18.3 Å². The quantitative estimate of drug-likeness (QED) is 0.649. The second-order valence-corrected chi connectivity index (χ2v) is 5.43. The van der Waals surface area contributed by atoms with Crippen molar-refractivity contribution in [3.05, 3.63) is 36.2 Å². The van der Waals surface area contributed by atoms with Crippen LogP contribution in [-0.2, 0) is 6.54 Å². The van der Waals surface area contributed by atoms with E-state index in [1.165, 1.54) is 0 Å². The Hall–Kier alpha value is -3.36. The van der Waals surface area contributed by atoms with Gasteiger partial charge in [-0.1, -0.05) is 5.10 Å².